The zero-order chi connectivity index (χ0) is 24.3. The molecule has 0 saturated carbocycles. The highest BCUT2D eigenvalue weighted by molar-refractivity contribution is 6.00. The highest BCUT2D eigenvalue weighted by atomic mass is 16.2. The Morgan fingerprint density at radius 1 is 0.722 bits per heavy atom. The summed E-state index contributed by atoms with van der Waals surface area (Å²) in [5.74, 6) is -0.372. The third kappa shape index (κ3) is 4.14. The van der Waals surface area contributed by atoms with E-state index in [4.69, 9.17) is 0 Å². The van der Waals surface area contributed by atoms with Gasteiger partial charge in [0.25, 0.3) is 5.91 Å². The van der Waals surface area contributed by atoms with Crippen molar-refractivity contribution in [3.8, 4) is 16.9 Å². The predicted molar refractivity (Wildman–Crippen MR) is 146 cm³/mol. The number of nitrogens with zero attached hydrogens (tertiary/aromatic N) is 3. The average molecular weight is 467 g/mol. The van der Waals surface area contributed by atoms with Crippen molar-refractivity contribution in [3.63, 3.8) is 0 Å². The summed E-state index contributed by atoms with van der Waals surface area (Å²) in [6.07, 6.45) is 1.67. The second kappa shape index (κ2) is 9.31. The smallest absolute Gasteiger partial charge is 0.265 e. The van der Waals surface area contributed by atoms with Crippen LogP contribution >= 0.6 is 0 Å². The van der Waals surface area contributed by atoms with Gasteiger partial charge in [-0.05, 0) is 45.8 Å². The number of fused-ring (bicyclic) bond motifs is 2. The third-order valence-electron chi connectivity index (χ3n) is 6.18. The first-order valence-electron chi connectivity index (χ1n) is 11.7. The molecule has 1 amide bonds. The van der Waals surface area contributed by atoms with Crippen LogP contribution in [0.5, 0.6) is 0 Å². The molecule has 0 aliphatic rings. The van der Waals surface area contributed by atoms with Crippen molar-refractivity contribution in [2.45, 2.75) is 0 Å². The topological polar surface area (TPSA) is 59.3 Å². The molecular weight excluding hydrogens is 444 g/mol. The lowest BCUT2D eigenvalue weighted by molar-refractivity contribution is 0.0949. The molecule has 0 unspecified atom stereocenters. The minimum atomic E-state index is -0.372. The average Bonchev–Trinajstić information content (AvgIpc) is 3.39. The number of hydrogen-bond donors (Lipinski definition) is 1. The molecule has 0 aliphatic heterocycles. The summed E-state index contributed by atoms with van der Waals surface area (Å²) in [7, 11) is 0. The maximum absolute atomic E-state index is 13.0. The van der Waals surface area contributed by atoms with Crippen LogP contribution in [0.25, 0.3) is 38.5 Å². The van der Waals surface area contributed by atoms with Crippen LogP contribution < -0.4 is 5.43 Å². The number of hydrazone groups is 1. The molecule has 0 atom stereocenters. The Kier molecular flexibility index (Phi) is 5.56. The van der Waals surface area contributed by atoms with Crippen molar-refractivity contribution >= 4 is 33.7 Å². The molecule has 0 aliphatic carbocycles. The lowest BCUT2D eigenvalue weighted by Crippen LogP contribution is -2.18. The summed E-state index contributed by atoms with van der Waals surface area (Å²) in [5.41, 5.74) is 6.54. The van der Waals surface area contributed by atoms with Crippen molar-refractivity contribution in [1.82, 2.24) is 15.2 Å². The maximum Gasteiger partial charge on any atom is 0.291 e. The lowest BCUT2D eigenvalue weighted by Gasteiger charge is -2.08. The lowest BCUT2D eigenvalue weighted by atomic mass is 10.0. The van der Waals surface area contributed by atoms with Gasteiger partial charge in [-0.25, -0.2) is 10.1 Å². The fraction of sp³-hybridized carbons (Fsp3) is 0. The first-order chi connectivity index (χ1) is 17.8. The molecule has 6 rings (SSSR count). The minimum absolute atomic E-state index is 0.289. The third-order valence-corrected chi connectivity index (χ3v) is 6.18. The van der Waals surface area contributed by atoms with Crippen LogP contribution in [0.2, 0.25) is 0 Å². The fourth-order valence-electron chi connectivity index (χ4n) is 4.39. The van der Waals surface area contributed by atoms with E-state index in [0.717, 1.165) is 44.1 Å². The van der Waals surface area contributed by atoms with Gasteiger partial charge in [0.2, 0.25) is 0 Å². The summed E-state index contributed by atoms with van der Waals surface area (Å²) in [5, 5.41) is 13.3. The van der Waals surface area contributed by atoms with Crippen LogP contribution in [0, 0.1) is 0 Å². The Hall–Kier alpha value is -5.03. The summed E-state index contributed by atoms with van der Waals surface area (Å²) >= 11 is 0. The van der Waals surface area contributed by atoms with Gasteiger partial charge < -0.3 is 0 Å². The molecular formula is C31H22N4O. The number of benzene rings is 5. The molecule has 5 heteroatoms. The second-order valence-corrected chi connectivity index (χ2v) is 8.49. The zero-order valence-electron chi connectivity index (χ0n) is 19.4. The molecule has 1 aromatic heterocycles. The van der Waals surface area contributed by atoms with E-state index in [9.17, 15) is 4.79 Å². The molecule has 0 bridgehead atoms. The number of amides is 1. The number of nitrogens with one attached hydrogen (secondary N) is 1. The molecule has 1 N–H and O–H groups in total. The van der Waals surface area contributed by atoms with Crippen LogP contribution in [-0.2, 0) is 0 Å². The first kappa shape index (κ1) is 21.5. The van der Waals surface area contributed by atoms with Gasteiger partial charge in [0.1, 0.15) is 0 Å². The maximum atomic E-state index is 13.0. The zero-order valence-corrected chi connectivity index (χ0v) is 19.4. The Morgan fingerprint density at radius 2 is 1.44 bits per heavy atom. The van der Waals surface area contributed by atoms with Crippen molar-refractivity contribution < 1.29 is 4.79 Å². The number of para-hydroxylation sites is 1. The summed E-state index contributed by atoms with van der Waals surface area (Å²) < 4.78 is 1.80. The van der Waals surface area contributed by atoms with Crippen molar-refractivity contribution in [2.24, 2.45) is 5.10 Å². The van der Waals surface area contributed by atoms with E-state index in [-0.39, 0.29) is 11.6 Å². The molecule has 6 aromatic rings. The van der Waals surface area contributed by atoms with Crippen LogP contribution in [0.3, 0.4) is 0 Å². The number of rotatable bonds is 5. The molecule has 0 saturated heterocycles. The molecule has 172 valence electrons. The van der Waals surface area contributed by atoms with E-state index in [1.807, 2.05) is 72.8 Å². The molecule has 5 nitrogen and oxygen atoms in total. The number of carbonyl (C=O) groups excluding carboxylic acids is 1. The Labute approximate surface area is 208 Å². The first-order valence-corrected chi connectivity index (χ1v) is 11.7. The number of carbonyl (C=O) groups is 1. The number of aromatic nitrogens is 2. The van der Waals surface area contributed by atoms with Gasteiger partial charge in [-0.1, -0.05) is 97.1 Å². The van der Waals surface area contributed by atoms with Gasteiger partial charge in [0.15, 0.2) is 5.69 Å². The van der Waals surface area contributed by atoms with E-state index in [1.165, 1.54) is 0 Å². The van der Waals surface area contributed by atoms with E-state index < -0.39 is 0 Å². The molecule has 0 radical (unpaired) electrons. The Bertz CT molecular complexity index is 1730. The SMILES string of the molecule is O=C(N/N=C\c1cccc2ccccc12)c1cc(-c2ccc3ccccc3c2)n(-c2ccccc2)n1. The fourth-order valence-corrected chi connectivity index (χ4v) is 4.39. The van der Waals surface area contributed by atoms with Crippen molar-refractivity contribution in [1.29, 1.82) is 0 Å². The van der Waals surface area contributed by atoms with E-state index in [1.54, 1.807) is 17.0 Å². The standard InChI is InChI=1S/C31H22N4O/c36-31(33-32-21-26-13-8-12-23-10-6-7-16-28(23)26)29-20-30(35(34-29)27-14-2-1-3-15-27)25-18-17-22-9-4-5-11-24(22)19-25/h1-21H,(H,33,36)/b32-21-. The highest BCUT2D eigenvalue weighted by Gasteiger charge is 2.17. The normalized spacial score (nSPS) is 11.3. The van der Waals surface area contributed by atoms with E-state index in [0.29, 0.717) is 0 Å². The summed E-state index contributed by atoms with van der Waals surface area (Å²) in [6.45, 7) is 0. The van der Waals surface area contributed by atoms with Crippen LogP contribution in [0.1, 0.15) is 16.1 Å². The molecule has 36 heavy (non-hydrogen) atoms. The van der Waals surface area contributed by atoms with Crippen LogP contribution in [0.15, 0.2) is 126 Å². The molecule has 0 fully saturated rings. The van der Waals surface area contributed by atoms with Gasteiger partial charge in [-0.15, -0.1) is 0 Å². The van der Waals surface area contributed by atoms with Crippen LogP contribution in [0.4, 0.5) is 0 Å². The molecule has 0 spiro atoms. The quantitative estimate of drug-likeness (QED) is 0.230. The van der Waals surface area contributed by atoms with E-state index >= 15 is 0 Å². The van der Waals surface area contributed by atoms with Gasteiger partial charge in [-0.3, -0.25) is 4.79 Å². The Morgan fingerprint density at radius 3 is 2.31 bits per heavy atom. The minimum Gasteiger partial charge on any atom is -0.265 e. The second-order valence-electron chi connectivity index (χ2n) is 8.49. The van der Waals surface area contributed by atoms with Gasteiger partial charge >= 0.3 is 0 Å². The van der Waals surface area contributed by atoms with Gasteiger partial charge in [-0.2, -0.15) is 10.2 Å². The largest absolute Gasteiger partial charge is 0.291 e. The van der Waals surface area contributed by atoms with E-state index in [2.05, 4.69) is 58.1 Å². The van der Waals surface area contributed by atoms with Crippen molar-refractivity contribution in [3.05, 3.63) is 133 Å². The molecule has 5 aromatic carbocycles. The predicted octanol–water partition coefficient (Wildman–Crippen LogP) is 6.61. The number of hydrogen-bond acceptors (Lipinski definition) is 3. The Balaban J connectivity index is 1.34. The summed E-state index contributed by atoms with van der Waals surface area (Å²) in [6, 6.07) is 40.2. The highest BCUT2D eigenvalue weighted by Crippen LogP contribution is 2.27. The van der Waals surface area contributed by atoms with Crippen LogP contribution in [-0.4, -0.2) is 21.9 Å². The monoisotopic (exact) mass is 466 g/mol. The molecule has 1 heterocycles. The van der Waals surface area contributed by atoms with Gasteiger partial charge in [0, 0.05) is 11.1 Å². The summed E-state index contributed by atoms with van der Waals surface area (Å²) in [4.78, 5) is 13.0. The van der Waals surface area contributed by atoms with Crippen molar-refractivity contribution in [2.75, 3.05) is 0 Å². The van der Waals surface area contributed by atoms with Gasteiger partial charge in [0.05, 0.1) is 17.6 Å².